The number of likely N-dealkylation sites (N-methyl/N-ethyl adjacent to an activating group) is 1. The van der Waals surface area contributed by atoms with Gasteiger partial charge in [0, 0.05) is 40.8 Å². The SMILES string of the molecule is CN=C(NCCN(C)C(=O)OC(C)(C)C)N(C)Cc1ccc(F)cc1. The highest BCUT2D eigenvalue weighted by Crippen LogP contribution is 2.09. The van der Waals surface area contributed by atoms with E-state index in [1.54, 1.807) is 26.2 Å². The molecule has 7 heteroatoms. The molecule has 6 nitrogen and oxygen atoms in total. The molecule has 0 spiro atoms. The lowest BCUT2D eigenvalue weighted by Gasteiger charge is -2.26. The van der Waals surface area contributed by atoms with Crippen LogP contribution in [-0.4, -0.2) is 61.7 Å². The van der Waals surface area contributed by atoms with Crippen molar-refractivity contribution in [1.29, 1.82) is 0 Å². The molecule has 0 bridgehead atoms. The zero-order valence-corrected chi connectivity index (χ0v) is 16.0. The van der Waals surface area contributed by atoms with E-state index in [0.29, 0.717) is 25.6 Å². The average Bonchev–Trinajstić information content (AvgIpc) is 2.51. The van der Waals surface area contributed by atoms with Gasteiger partial charge in [0.25, 0.3) is 0 Å². The summed E-state index contributed by atoms with van der Waals surface area (Å²) in [5.74, 6) is 0.445. The van der Waals surface area contributed by atoms with Crippen molar-refractivity contribution in [3.8, 4) is 0 Å². The number of nitrogens with one attached hydrogen (secondary N) is 1. The van der Waals surface area contributed by atoms with Crippen LogP contribution in [0, 0.1) is 5.82 Å². The van der Waals surface area contributed by atoms with Crippen molar-refractivity contribution < 1.29 is 13.9 Å². The van der Waals surface area contributed by atoms with E-state index in [1.165, 1.54) is 17.0 Å². The van der Waals surface area contributed by atoms with Crippen LogP contribution in [0.15, 0.2) is 29.3 Å². The number of hydrogen-bond donors (Lipinski definition) is 1. The monoisotopic (exact) mass is 352 g/mol. The highest BCUT2D eigenvalue weighted by Gasteiger charge is 2.19. The van der Waals surface area contributed by atoms with Crippen LogP contribution < -0.4 is 5.32 Å². The maximum atomic E-state index is 13.0. The van der Waals surface area contributed by atoms with E-state index in [-0.39, 0.29) is 11.9 Å². The predicted octanol–water partition coefficient (Wildman–Crippen LogP) is 2.70. The van der Waals surface area contributed by atoms with E-state index in [1.807, 2.05) is 32.7 Å². The van der Waals surface area contributed by atoms with E-state index >= 15 is 0 Å². The summed E-state index contributed by atoms with van der Waals surface area (Å²) in [5, 5.41) is 3.20. The van der Waals surface area contributed by atoms with Crippen molar-refractivity contribution in [1.82, 2.24) is 15.1 Å². The summed E-state index contributed by atoms with van der Waals surface area (Å²) < 4.78 is 18.3. The maximum Gasteiger partial charge on any atom is 0.410 e. The average molecular weight is 352 g/mol. The normalized spacial score (nSPS) is 11.9. The van der Waals surface area contributed by atoms with E-state index in [9.17, 15) is 9.18 Å². The van der Waals surface area contributed by atoms with Crippen LogP contribution in [0.2, 0.25) is 0 Å². The minimum atomic E-state index is -0.510. The van der Waals surface area contributed by atoms with Gasteiger partial charge in [-0.2, -0.15) is 0 Å². The summed E-state index contributed by atoms with van der Waals surface area (Å²) in [4.78, 5) is 19.6. The van der Waals surface area contributed by atoms with E-state index in [2.05, 4.69) is 10.3 Å². The molecule has 1 N–H and O–H groups in total. The van der Waals surface area contributed by atoms with Crippen molar-refractivity contribution in [3.63, 3.8) is 0 Å². The molecule has 0 aliphatic carbocycles. The number of halogens is 1. The van der Waals surface area contributed by atoms with Crippen LogP contribution in [0.3, 0.4) is 0 Å². The Morgan fingerprint density at radius 1 is 1.20 bits per heavy atom. The van der Waals surface area contributed by atoms with Gasteiger partial charge in [-0.25, -0.2) is 9.18 Å². The van der Waals surface area contributed by atoms with Gasteiger partial charge in [-0.3, -0.25) is 4.99 Å². The Hall–Kier alpha value is -2.31. The standard InChI is InChI=1S/C18H29FN4O2/c1-18(2,3)25-17(24)22(5)12-11-21-16(20-4)23(6)13-14-7-9-15(19)10-8-14/h7-10H,11-13H2,1-6H3,(H,20,21). The van der Waals surface area contributed by atoms with Gasteiger partial charge in [0.05, 0.1) is 0 Å². The third kappa shape index (κ3) is 7.87. The number of guanidine groups is 1. The number of amides is 1. The van der Waals surface area contributed by atoms with E-state index in [4.69, 9.17) is 4.74 Å². The maximum absolute atomic E-state index is 13.0. The molecule has 1 aromatic carbocycles. The molecule has 0 atom stereocenters. The first-order chi connectivity index (χ1) is 11.6. The molecule has 0 aliphatic rings. The Bertz CT molecular complexity index is 582. The zero-order chi connectivity index (χ0) is 19.0. The molecule has 0 unspecified atom stereocenters. The van der Waals surface area contributed by atoms with E-state index in [0.717, 1.165) is 5.56 Å². The van der Waals surface area contributed by atoms with E-state index < -0.39 is 5.60 Å². The minimum Gasteiger partial charge on any atom is -0.444 e. The first kappa shape index (κ1) is 20.7. The van der Waals surface area contributed by atoms with Crippen molar-refractivity contribution in [3.05, 3.63) is 35.6 Å². The summed E-state index contributed by atoms with van der Waals surface area (Å²) in [5.41, 5.74) is 0.474. The van der Waals surface area contributed by atoms with Crippen LogP contribution in [0.1, 0.15) is 26.3 Å². The zero-order valence-electron chi connectivity index (χ0n) is 16.0. The van der Waals surface area contributed by atoms with Crippen LogP contribution in [0.4, 0.5) is 9.18 Å². The first-order valence-electron chi connectivity index (χ1n) is 8.22. The quantitative estimate of drug-likeness (QED) is 0.654. The second-order valence-corrected chi connectivity index (χ2v) is 6.86. The van der Waals surface area contributed by atoms with Crippen molar-refractivity contribution >= 4 is 12.1 Å². The van der Waals surface area contributed by atoms with Gasteiger partial charge in [0.15, 0.2) is 5.96 Å². The van der Waals surface area contributed by atoms with Gasteiger partial charge in [-0.1, -0.05) is 12.1 Å². The number of rotatable bonds is 5. The highest BCUT2D eigenvalue weighted by atomic mass is 19.1. The lowest BCUT2D eigenvalue weighted by molar-refractivity contribution is 0.0302. The van der Waals surface area contributed by atoms with Gasteiger partial charge in [0.2, 0.25) is 0 Å². The number of carbonyl (C=O) groups excluding carboxylic acids is 1. The Morgan fingerprint density at radius 3 is 2.32 bits per heavy atom. The van der Waals surface area contributed by atoms with Crippen LogP contribution in [0.25, 0.3) is 0 Å². The van der Waals surface area contributed by atoms with Crippen molar-refractivity contribution in [2.24, 2.45) is 4.99 Å². The number of aliphatic imine (C=N–C) groups is 1. The molecule has 0 saturated heterocycles. The fourth-order valence-electron chi connectivity index (χ4n) is 2.09. The third-order valence-electron chi connectivity index (χ3n) is 3.34. The Labute approximate surface area is 149 Å². The Balaban J connectivity index is 2.45. The summed E-state index contributed by atoms with van der Waals surface area (Å²) >= 11 is 0. The number of hydrogen-bond acceptors (Lipinski definition) is 3. The molecule has 1 aromatic rings. The van der Waals surface area contributed by atoms with Gasteiger partial charge in [-0.15, -0.1) is 0 Å². The second kappa shape index (κ2) is 9.25. The molecule has 25 heavy (non-hydrogen) atoms. The molecule has 1 amide bonds. The topological polar surface area (TPSA) is 57.2 Å². The van der Waals surface area contributed by atoms with Crippen molar-refractivity contribution in [2.75, 3.05) is 34.2 Å². The highest BCUT2D eigenvalue weighted by molar-refractivity contribution is 5.79. The van der Waals surface area contributed by atoms with Gasteiger partial charge < -0.3 is 19.9 Å². The summed E-state index contributed by atoms with van der Waals surface area (Å²) in [6, 6.07) is 6.37. The van der Waals surface area contributed by atoms with Crippen molar-refractivity contribution in [2.45, 2.75) is 32.9 Å². The molecular weight excluding hydrogens is 323 g/mol. The summed E-state index contributed by atoms with van der Waals surface area (Å²) in [6.07, 6.45) is -0.357. The molecule has 0 aliphatic heterocycles. The van der Waals surface area contributed by atoms with Crippen LogP contribution in [0.5, 0.6) is 0 Å². The van der Waals surface area contributed by atoms with Gasteiger partial charge in [0.1, 0.15) is 11.4 Å². The Morgan fingerprint density at radius 2 is 1.80 bits per heavy atom. The predicted molar refractivity (Wildman–Crippen MR) is 98.1 cm³/mol. The summed E-state index contributed by atoms with van der Waals surface area (Å²) in [6.45, 7) is 7.13. The van der Waals surface area contributed by atoms with Crippen LogP contribution >= 0.6 is 0 Å². The molecule has 0 saturated carbocycles. The third-order valence-corrected chi connectivity index (χ3v) is 3.34. The largest absolute Gasteiger partial charge is 0.444 e. The van der Waals surface area contributed by atoms with Gasteiger partial charge in [-0.05, 0) is 38.5 Å². The Kier molecular flexibility index (Phi) is 7.67. The molecule has 0 fully saturated rings. The molecule has 0 aromatic heterocycles. The number of benzene rings is 1. The molecule has 0 heterocycles. The summed E-state index contributed by atoms with van der Waals surface area (Å²) in [7, 11) is 5.29. The minimum absolute atomic E-state index is 0.251. The number of carbonyl (C=O) groups is 1. The number of nitrogens with zero attached hydrogens (tertiary/aromatic N) is 3. The lowest BCUT2D eigenvalue weighted by Crippen LogP contribution is -2.43. The number of ether oxygens (including phenoxy) is 1. The lowest BCUT2D eigenvalue weighted by atomic mass is 10.2. The fraction of sp³-hybridized carbons (Fsp3) is 0.556. The first-order valence-corrected chi connectivity index (χ1v) is 8.22. The van der Waals surface area contributed by atoms with Gasteiger partial charge >= 0.3 is 6.09 Å². The molecule has 1 rings (SSSR count). The smallest absolute Gasteiger partial charge is 0.410 e. The molecular formula is C18H29FN4O2. The molecule has 140 valence electrons. The van der Waals surface area contributed by atoms with Crippen LogP contribution in [-0.2, 0) is 11.3 Å². The second-order valence-electron chi connectivity index (χ2n) is 6.86. The molecule has 0 radical (unpaired) electrons. The fourth-order valence-corrected chi connectivity index (χ4v) is 2.09.